The summed E-state index contributed by atoms with van der Waals surface area (Å²) in [6, 6.07) is 12.2. The minimum Gasteiger partial charge on any atom is -0.356 e. The Morgan fingerprint density at radius 3 is 2.63 bits per heavy atom. The van der Waals surface area contributed by atoms with Gasteiger partial charge < -0.3 is 4.90 Å². The first-order valence-electron chi connectivity index (χ1n) is 9.77. The maximum absolute atomic E-state index is 12.4. The standard InChI is InChI=1S/C22H26N4O/c1-16(2)20-13-21(27)26(15-24-20)14-17-8-11-25(12-9-17)22-19-6-4-3-5-18(19)7-10-23-22/h3-7,10,13,15-17H,8-9,11-12,14H2,1-2H3. The number of hydrogen-bond donors (Lipinski definition) is 0. The molecule has 0 saturated carbocycles. The highest BCUT2D eigenvalue weighted by Crippen LogP contribution is 2.28. The molecular weight excluding hydrogens is 336 g/mol. The molecule has 27 heavy (non-hydrogen) atoms. The van der Waals surface area contributed by atoms with Crippen LogP contribution in [0.5, 0.6) is 0 Å². The van der Waals surface area contributed by atoms with E-state index >= 15 is 0 Å². The normalized spacial score (nSPS) is 15.6. The van der Waals surface area contributed by atoms with E-state index in [9.17, 15) is 4.79 Å². The number of aromatic nitrogens is 3. The molecule has 2 aromatic heterocycles. The molecule has 3 aromatic rings. The van der Waals surface area contributed by atoms with Gasteiger partial charge in [0.25, 0.3) is 5.56 Å². The molecule has 4 rings (SSSR count). The van der Waals surface area contributed by atoms with Gasteiger partial charge in [0.1, 0.15) is 5.82 Å². The number of hydrogen-bond acceptors (Lipinski definition) is 4. The summed E-state index contributed by atoms with van der Waals surface area (Å²) < 4.78 is 1.77. The molecule has 0 N–H and O–H groups in total. The second-order valence-electron chi connectivity index (χ2n) is 7.75. The van der Waals surface area contributed by atoms with E-state index in [4.69, 9.17) is 0 Å². The van der Waals surface area contributed by atoms with Gasteiger partial charge in [-0.15, -0.1) is 0 Å². The maximum Gasteiger partial charge on any atom is 0.253 e. The molecule has 0 bridgehead atoms. The van der Waals surface area contributed by atoms with Crippen molar-refractivity contribution in [1.29, 1.82) is 0 Å². The van der Waals surface area contributed by atoms with Crippen molar-refractivity contribution < 1.29 is 0 Å². The van der Waals surface area contributed by atoms with Crippen LogP contribution in [-0.4, -0.2) is 27.6 Å². The summed E-state index contributed by atoms with van der Waals surface area (Å²) in [6.45, 7) is 6.81. The smallest absolute Gasteiger partial charge is 0.253 e. The number of rotatable bonds is 4. The molecule has 0 aliphatic carbocycles. The van der Waals surface area contributed by atoms with Crippen LogP contribution >= 0.6 is 0 Å². The summed E-state index contributed by atoms with van der Waals surface area (Å²) in [4.78, 5) is 23.8. The van der Waals surface area contributed by atoms with E-state index in [2.05, 4.69) is 59.0 Å². The van der Waals surface area contributed by atoms with Crippen molar-refractivity contribution in [2.45, 2.75) is 39.2 Å². The molecule has 0 spiro atoms. The minimum atomic E-state index is 0.0619. The van der Waals surface area contributed by atoms with E-state index in [0.29, 0.717) is 5.92 Å². The van der Waals surface area contributed by atoms with Crippen LogP contribution in [0.3, 0.4) is 0 Å². The zero-order chi connectivity index (χ0) is 18.8. The lowest BCUT2D eigenvalue weighted by molar-refractivity contribution is 0.350. The monoisotopic (exact) mass is 362 g/mol. The van der Waals surface area contributed by atoms with E-state index < -0.39 is 0 Å². The highest BCUT2D eigenvalue weighted by molar-refractivity contribution is 5.92. The lowest BCUT2D eigenvalue weighted by atomic mass is 9.96. The lowest BCUT2D eigenvalue weighted by Gasteiger charge is -2.33. The third kappa shape index (κ3) is 3.72. The average Bonchev–Trinajstić information content (AvgIpc) is 2.69. The number of benzene rings is 1. The third-order valence-corrected chi connectivity index (χ3v) is 5.51. The minimum absolute atomic E-state index is 0.0619. The van der Waals surface area contributed by atoms with Gasteiger partial charge in [0.2, 0.25) is 0 Å². The summed E-state index contributed by atoms with van der Waals surface area (Å²) in [7, 11) is 0. The van der Waals surface area contributed by atoms with Gasteiger partial charge >= 0.3 is 0 Å². The molecule has 0 atom stereocenters. The van der Waals surface area contributed by atoms with Crippen LogP contribution in [0, 0.1) is 5.92 Å². The van der Waals surface area contributed by atoms with Crippen LogP contribution in [0.15, 0.2) is 53.7 Å². The van der Waals surface area contributed by atoms with Crippen LogP contribution < -0.4 is 10.5 Å². The molecule has 5 heteroatoms. The van der Waals surface area contributed by atoms with Crippen LogP contribution in [0.1, 0.15) is 38.3 Å². The Balaban J connectivity index is 1.44. The number of fused-ring (bicyclic) bond motifs is 1. The van der Waals surface area contributed by atoms with Crippen molar-refractivity contribution in [2.75, 3.05) is 18.0 Å². The molecule has 5 nitrogen and oxygen atoms in total. The molecular formula is C22H26N4O. The van der Waals surface area contributed by atoms with Gasteiger partial charge in [-0.3, -0.25) is 9.36 Å². The van der Waals surface area contributed by atoms with Crippen LogP contribution in [-0.2, 0) is 6.54 Å². The van der Waals surface area contributed by atoms with Gasteiger partial charge in [0.15, 0.2) is 0 Å². The second-order valence-corrected chi connectivity index (χ2v) is 7.75. The molecule has 0 amide bonds. The zero-order valence-corrected chi connectivity index (χ0v) is 16.0. The predicted octanol–water partition coefficient (Wildman–Crippen LogP) is 3.83. The van der Waals surface area contributed by atoms with Gasteiger partial charge in [-0.05, 0) is 36.1 Å². The van der Waals surface area contributed by atoms with Gasteiger partial charge in [0, 0.05) is 37.3 Å². The Hall–Kier alpha value is -2.69. The van der Waals surface area contributed by atoms with E-state index in [1.165, 1.54) is 10.8 Å². The van der Waals surface area contributed by atoms with Gasteiger partial charge in [-0.2, -0.15) is 0 Å². The molecule has 1 aliphatic heterocycles. The fourth-order valence-corrected chi connectivity index (χ4v) is 3.85. The van der Waals surface area contributed by atoms with E-state index in [-0.39, 0.29) is 11.5 Å². The van der Waals surface area contributed by atoms with Crippen LogP contribution in [0.2, 0.25) is 0 Å². The average molecular weight is 362 g/mol. The first kappa shape index (κ1) is 17.7. The topological polar surface area (TPSA) is 51.0 Å². The molecule has 1 aromatic carbocycles. The van der Waals surface area contributed by atoms with Crippen LogP contribution in [0.4, 0.5) is 5.82 Å². The molecule has 0 unspecified atom stereocenters. The molecule has 3 heterocycles. The Bertz CT molecular complexity index is 982. The highest BCUT2D eigenvalue weighted by Gasteiger charge is 2.22. The molecule has 1 fully saturated rings. The molecule has 1 saturated heterocycles. The van der Waals surface area contributed by atoms with Gasteiger partial charge in [-0.1, -0.05) is 38.1 Å². The van der Waals surface area contributed by atoms with Crippen molar-refractivity contribution in [2.24, 2.45) is 5.92 Å². The van der Waals surface area contributed by atoms with E-state index in [1.807, 2.05) is 6.20 Å². The highest BCUT2D eigenvalue weighted by atomic mass is 16.1. The van der Waals surface area contributed by atoms with Crippen LogP contribution in [0.25, 0.3) is 10.8 Å². The SMILES string of the molecule is CC(C)c1cc(=O)n(CC2CCN(c3nccc4ccccc34)CC2)cn1. The summed E-state index contributed by atoms with van der Waals surface area (Å²) in [5, 5.41) is 2.44. The zero-order valence-electron chi connectivity index (χ0n) is 16.0. The van der Waals surface area contributed by atoms with Crippen molar-refractivity contribution in [3.8, 4) is 0 Å². The number of anilines is 1. The van der Waals surface area contributed by atoms with Crippen molar-refractivity contribution in [3.05, 3.63) is 65.0 Å². The Kier molecular flexibility index (Phi) is 4.92. The number of nitrogens with zero attached hydrogens (tertiary/aromatic N) is 4. The Morgan fingerprint density at radius 2 is 1.89 bits per heavy atom. The Morgan fingerprint density at radius 1 is 1.11 bits per heavy atom. The number of pyridine rings is 1. The van der Waals surface area contributed by atoms with Crippen molar-refractivity contribution in [3.63, 3.8) is 0 Å². The number of piperidine rings is 1. The van der Waals surface area contributed by atoms with E-state index in [1.54, 1.807) is 17.0 Å². The van der Waals surface area contributed by atoms with Crippen molar-refractivity contribution in [1.82, 2.24) is 14.5 Å². The predicted molar refractivity (Wildman–Crippen MR) is 109 cm³/mol. The van der Waals surface area contributed by atoms with E-state index in [0.717, 1.165) is 44.0 Å². The molecule has 0 radical (unpaired) electrons. The summed E-state index contributed by atoms with van der Waals surface area (Å²) in [6.07, 6.45) is 5.73. The quantitative estimate of drug-likeness (QED) is 0.708. The fourth-order valence-electron chi connectivity index (χ4n) is 3.85. The summed E-state index contributed by atoms with van der Waals surface area (Å²) in [5.41, 5.74) is 0.931. The van der Waals surface area contributed by atoms with Gasteiger partial charge in [-0.25, -0.2) is 9.97 Å². The largest absolute Gasteiger partial charge is 0.356 e. The molecule has 140 valence electrons. The fraction of sp³-hybridized carbons (Fsp3) is 0.409. The summed E-state index contributed by atoms with van der Waals surface area (Å²) in [5.74, 6) is 1.86. The van der Waals surface area contributed by atoms with Crippen molar-refractivity contribution >= 4 is 16.6 Å². The van der Waals surface area contributed by atoms with Gasteiger partial charge in [0.05, 0.1) is 12.0 Å². The third-order valence-electron chi connectivity index (χ3n) is 5.51. The summed E-state index contributed by atoms with van der Waals surface area (Å²) >= 11 is 0. The first-order valence-corrected chi connectivity index (χ1v) is 9.77. The molecule has 1 aliphatic rings. The Labute approximate surface area is 159 Å². The first-order chi connectivity index (χ1) is 13.1. The lowest BCUT2D eigenvalue weighted by Crippen LogP contribution is -2.37. The maximum atomic E-state index is 12.4. The second kappa shape index (κ2) is 7.51.